The predicted molar refractivity (Wildman–Crippen MR) is 127 cm³/mol. The first-order valence-corrected chi connectivity index (χ1v) is 12.5. The maximum atomic E-state index is 13.1. The quantitative estimate of drug-likeness (QED) is 0.310. The van der Waals surface area contributed by atoms with Gasteiger partial charge in [0.15, 0.2) is 5.16 Å². The molecule has 1 amide bonds. The molecule has 2 aromatic rings. The zero-order valence-corrected chi connectivity index (χ0v) is 19.9. The number of amides is 1. The van der Waals surface area contributed by atoms with Crippen molar-refractivity contribution in [3.8, 4) is 0 Å². The monoisotopic (exact) mass is 473 g/mol. The molecule has 2 N–H and O–H groups in total. The Morgan fingerprint density at radius 1 is 1.33 bits per heavy atom. The Kier molecular flexibility index (Phi) is 7.38. The van der Waals surface area contributed by atoms with E-state index in [9.17, 15) is 19.5 Å². The number of aromatic carboxylic acids is 1. The molecule has 0 spiro atoms. The molecule has 9 heteroatoms. The van der Waals surface area contributed by atoms with Crippen LogP contribution in [-0.4, -0.2) is 52.0 Å². The average molecular weight is 474 g/mol. The average Bonchev–Trinajstić information content (AvgIpc) is 3.43. The van der Waals surface area contributed by atoms with Crippen LogP contribution in [0.15, 0.2) is 28.2 Å². The summed E-state index contributed by atoms with van der Waals surface area (Å²) in [5.74, 6) is 1.10. The number of benzene rings is 1. The van der Waals surface area contributed by atoms with Crippen LogP contribution in [0.25, 0.3) is 10.9 Å². The number of carbonyl (C=O) groups is 2. The summed E-state index contributed by atoms with van der Waals surface area (Å²) >= 11 is 1.21. The second-order valence-electron chi connectivity index (χ2n) is 9.22. The molecule has 0 unspecified atom stereocenters. The topological polar surface area (TPSA) is 111 Å². The van der Waals surface area contributed by atoms with Crippen LogP contribution >= 0.6 is 11.8 Å². The van der Waals surface area contributed by atoms with Crippen LogP contribution < -0.4 is 10.9 Å². The highest BCUT2D eigenvalue weighted by atomic mass is 32.2. The summed E-state index contributed by atoms with van der Waals surface area (Å²) < 4.78 is 6.67. The van der Waals surface area contributed by atoms with Crippen LogP contribution in [0.3, 0.4) is 0 Å². The summed E-state index contributed by atoms with van der Waals surface area (Å²) in [6.45, 7) is 2.99. The third-order valence-electron chi connectivity index (χ3n) is 7.05. The number of rotatable bonds is 10. The lowest BCUT2D eigenvalue weighted by Gasteiger charge is -2.28. The van der Waals surface area contributed by atoms with Gasteiger partial charge in [0.25, 0.3) is 5.56 Å². The molecule has 0 radical (unpaired) electrons. The molecule has 2 aliphatic rings. The lowest BCUT2D eigenvalue weighted by Crippen LogP contribution is -2.41. The van der Waals surface area contributed by atoms with Crippen LogP contribution in [0.4, 0.5) is 0 Å². The number of thioether (sulfide) groups is 1. The van der Waals surface area contributed by atoms with Gasteiger partial charge >= 0.3 is 5.97 Å². The summed E-state index contributed by atoms with van der Waals surface area (Å²) in [5.41, 5.74) is 0.146. The molecule has 4 rings (SSSR count). The Balaban J connectivity index is 1.50. The fraction of sp³-hybridized carbons (Fsp3) is 0.583. The highest BCUT2D eigenvalue weighted by Crippen LogP contribution is 2.49. The minimum atomic E-state index is -1.08. The smallest absolute Gasteiger partial charge is 0.335 e. The number of ether oxygens (including phenoxy) is 1. The fourth-order valence-electron chi connectivity index (χ4n) is 5.45. The Bertz CT molecular complexity index is 1100. The van der Waals surface area contributed by atoms with Gasteiger partial charge < -0.3 is 15.2 Å². The minimum absolute atomic E-state index is 0.0694. The molecule has 4 atom stereocenters. The van der Waals surface area contributed by atoms with Crippen molar-refractivity contribution in [3.05, 3.63) is 34.1 Å². The summed E-state index contributed by atoms with van der Waals surface area (Å²) in [6.07, 6.45) is 5.73. The first kappa shape index (κ1) is 23.8. The maximum absolute atomic E-state index is 13.1. The van der Waals surface area contributed by atoms with Gasteiger partial charge in [-0.25, -0.2) is 9.78 Å². The van der Waals surface area contributed by atoms with Gasteiger partial charge in [-0.05, 0) is 68.6 Å². The van der Waals surface area contributed by atoms with Crippen molar-refractivity contribution in [1.82, 2.24) is 14.9 Å². The third kappa shape index (κ3) is 5.24. The highest BCUT2D eigenvalue weighted by molar-refractivity contribution is 7.99. The minimum Gasteiger partial charge on any atom is -0.478 e. The number of nitrogens with one attached hydrogen (secondary N) is 1. The predicted octanol–water partition coefficient (Wildman–Crippen LogP) is 3.16. The second kappa shape index (κ2) is 10.3. The molecular weight excluding hydrogens is 442 g/mol. The zero-order chi connectivity index (χ0) is 23.5. The van der Waals surface area contributed by atoms with E-state index in [4.69, 9.17) is 4.74 Å². The molecule has 0 aliphatic heterocycles. The summed E-state index contributed by atoms with van der Waals surface area (Å²) in [7, 11) is 1.60. The Hall–Kier alpha value is -2.39. The van der Waals surface area contributed by atoms with Crippen LogP contribution in [0.1, 0.15) is 49.4 Å². The molecule has 2 saturated carbocycles. The van der Waals surface area contributed by atoms with Gasteiger partial charge in [0, 0.05) is 26.3 Å². The molecule has 1 heterocycles. The van der Waals surface area contributed by atoms with E-state index < -0.39 is 5.97 Å². The summed E-state index contributed by atoms with van der Waals surface area (Å²) in [4.78, 5) is 41.7. The number of hydrogen-bond acceptors (Lipinski definition) is 6. The van der Waals surface area contributed by atoms with Gasteiger partial charge in [-0.3, -0.25) is 14.2 Å². The Labute approximate surface area is 197 Å². The van der Waals surface area contributed by atoms with Crippen molar-refractivity contribution in [2.45, 2.75) is 56.8 Å². The van der Waals surface area contributed by atoms with Crippen molar-refractivity contribution in [2.24, 2.45) is 17.8 Å². The fourth-order valence-corrected chi connectivity index (χ4v) is 6.28. The van der Waals surface area contributed by atoms with E-state index >= 15 is 0 Å². The SMILES string of the molecule is COCCCn1c(SCC(=O)N[C@H](C)[C@@H]2C[C@H]3CC[C@H]2C3)nc2cc(C(=O)O)ccc2c1=O. The number of aromatic nitrogens is 2. The van der Waals surface area contributed by atoms with E-state index in [1.807, 2.05) is 0 Å². The molecule has 1 aromatic carbocycles. The van der Waals surface area contributed by atoms with Gasteiger partial charge in [-0.15, -0.1) is 0 Å². The second-order valence-corrected chi connectivity index (χ2v) is 10.2. The molecule has 2 aliphatic carbocycles. The third-order valence-corrected chi connectivity index (χ3v) is 8.03. The molecule has 1 aromatic heterocycles. The molecule has 2 fully saturated rings. The van der Waals surface area contributed by atoms with Crippen molar-refractivity contribution >= 4 is 34.5 Å². The van der Waals surface area contributed by atoms with E-state index in [1.165, 1.54) is 55.6 Å². The van der Waals surface area contributed by atoms with Crippen LogP contribution in [-0.2, 0) is 16.1 Å². The van der Waals surface area contributed by atoms with Gasteiger partial charge in [-0.2, -0.15) is 0 Å². The number of carbonyl (C=O) groups excluding carboxylic acids is 1. The molecule has 0 saturated heterocycles. The number of fused-ring (bicyclic) bond motifs is 3. The van der Waals surface area contributed by atoms with Crippen molar-refractivity contribution in [1.29, 1.82) is 0 Å². The Morgan fingerprint density at radius 2 is 2.15 bits per heavy atom. The number of methoxy groups -OCH3 is 1. The lowest BCUT2D eigenvalue weighted by molar-refractivity contribution is -0.119. The molecule has 33 heavy (non-hydrogen) atoms. The van der Waals surface area contributed by atoms with Gasteiger partial charge in [-0.1, -0.05) is 18.2 Å². The van der Waals surface area contributed by atoms with Crippen LogP contribution in [0, 0.1) is 17.8 Å². The molecule has 2 bridgehead atoms. The van der Waals surface area contributed by atoms with Crippen molar-refractivity contribution in [2.75, 3.05) is 19.5 Å². The number of carboxylic acids is 1. The summed E-state index contributed by atoms with van der Waals surface area (Å²) in [5, 5.41) is 13.2. The van der Waals surface area contributed by atoms with E-state index in [0.29, 0.717) is 41.5 Å². The van der Waals surface area contributed by atoms with E-state index in [-0.39, 0.29) is 28.8 Å². The molecule has 8 nitrogen and oxygen atoms in total. The highest BCUT2D eigenvalue weighted by Gasteiger charge is 2.42. The lowest BCUT2D eigenvalue weighted by atomic mass is 9.84. The first-order chi connectivity index (χ1) is 15.9. The number of nitrogens with zero attached hydrogens (tertiary/aromatic N) is 2. The first-order valence-electron chi connectivity index (χ1n) is 11.6. The van der Waals surface area contributed by atoms with Crippen LogP contribution in [0.5, 0.6) is 0 Å². The number of hydrogen-bond donors (Lipinski definition) is 2. The van der Waals surface area contributed by atoms with E-state index in [2.05, 4.69) is 17.2 Å². The van der Waals surface area contributed by atoms with E-state index in [1.54, 1.807) is 11.7 Å². The van der Waals surface area contributed by atoms with Crippen LogP contribution in [0.2, 0.25) is 0 Å². The standard InChI is InChI=1S/C24H31N3O5S/c1-14(19-11-15-4-5-16(19)10-15)25-21(28)13-33-24-26-20-12-17(23(30)31)6-7-18(20)22(29)27(24)8-3-9-32-2/h6-7,12,14-16,19H,3-5,8-11,13H2,1-2H3,(H,25,28)(H,30,31)/t14-,15+,16+,19+/m1/s1. The summed E-state index contributed by atoms with van der Waals surface area (Å²) in [6, 6.07) is 4.45. The van der Waals surface area contributed by atoms with Crippen molar-refractivity contribution in [3.63, 3.8) is 0 Å². The maximum Gasteiger partial charge on any atom is 0.335 e. The molecular formula is C24H31N3O5S. The van der Waals surface area contributed by atoms with Gasteiger partial charge in [0.05, 0.1) is 22.2 Å². The Morgan fingerprint density at radius 3 is 2.82 bits per heavy atom. The van der Waals surface area contributed by atoms with Crippen molar-refractivity contribution < 1.29 is 19.4 Å². The number of carboxylic acid groups (broad SMARTS) is 1. The van der Waals surface area contributed by atoms with E-state index in [0.717, 1.165) is 11.8 Å². The largest absolute Gasteiger partial charge is 0.478 e. The molecule has 178 valence electrons. The normalized spacial score (nSPS) is 22.5. The van der Waals surface area contributed by atoms with Gasteiger partial charge in [0.1, 0.15) is 0 Å². The zero-order valence-electron chi connectivity index (χ0n) is 19.1. The van der Waals surface area contributed by atoms with Gasteiger partial charge in [0.2, 0.25) is 5.91 Å².